The van der Waals surface area contributed by atoms with Crippen molar-refractivity contribution < 1.29 is 9.90 Å². The summed E-state index contributed by atoms with van der Waals surface area (Å²) in [6.07, 6.45) is 8.13. The lowest BCUT2D eigenvalue weighted by Gasteiger charge is -2.38. The third kappa shape index (κ3) is 4.77. The minimum absolute atomic E-state index is 0.180. The van der Waals surface area contributed by atoms with E-state index in [9.17, 15) is 9.90 Å². The van der Waals surface area contributed by atoms with Gasteiger partial charge in [0.1, 0.15) is 12.7 Å². The lowest BCUT2D eigenvalue weighted by Crippen LogP contribution is -2.47. The number of carbonyl (C=O) groups is 1. The highest BCUT2D eigenvalue weighted by Crippen LogP contribution is 2.24. The van der Waals surface area contributed by atoms with Gasteiger partial charge in [-0.25, -0.2) is 4.98 Å². The van der Waals surface area contributed by atoms with Crippen LogP contribution in [0.2, 0.25) is 0 Å². The molecule has 134 valence electrons. The molecule has 0 bridgehead atoms. The molecule has 1 aromatic heterocycles. The van der Waals surface area contributed by atoms with Crippen LogP contribution in [0.5, 0.6) is 0 Å². The molecule has 2 aliphatic rings. The number of hydrogen-bond donors (Lipinski definition) is 1. The summed E-state index contributed by atoms with van der Waals surface area (Å²) < 4.78 is 1.76. The number of piperidine rings is 1. The molecule has 1 aromatic rings. The van der Waals surface area contributed by atoms with E-state index in [1.54, 1.807) is 11.0 Å². The summed E-state index contributed by atoms with van der Waals surface area (Å²) >= 11 is 0. The van der Waals surface area contributed by atoms with Crippen LogP contribution in [-0.2, 0) is 11.3 Å². The van der Waals surface area contributed by atoms with E-state index in [1.165, 1.54) is 32.3 Å². The van der Waals surface area contributed by atoms with Gasteiger partial charge in [0.2, 0.25) is 5.91 Å². The first-order valence-electron chi connectivity index (χ1n) is 9.18. The van der Waals surface area contributed by atoms with E-state index in [-0.39, 0.29) is 18.4 Å². The minimum Gasteiger partial charge on any atom is -0.396 e. The third-order valence-electron chi connectivity index (χ3n) is 5.19. The summed E-state index contributed by atoms with van der Waals surface area (Å²) in [5.74, 6) is 0.929. The van der Waals surface area contributed by atoms with Gasteiger partial charge < -0.3 is 14.9 Å². The monoisotopic (exact) mass is 335 g/mol. The van der Waals surface area contributed by atoms with Crippen molar-refractivity contribution in [1.82, 2.24) is 24.6 Å². The maximum Gasteiger partial charge on any atom is 0.222 e. The molecule has 0 aromatic carbocycles. The van der Waals surface area contributed by atoms with Crippen molar-refractivity contribution in [2.24, 2.45) is 11.8 Å². The molecular weight excluding hydrogens is 306 g/mol. The molecule has 2 aliphatic heterocycles. The number of rotatable bonds is 7. The Morgan fingerprint density at radius 1 is 1.21 bits per heavy atom. The molecular formula is C17H29N5O2. The summed E-state index contributed by atoms with van der Waals surface area (Å²) in [6.45, 7) is 5.89. The van der Waals surface area contributed by atoms with E-state index in [2.05, 4.69) is 15.0 Å². The highest BCUT2D eigenvalue weighted by atomic mass is 16.3. The normalized spacial score (nSPS) is 25.3. The molecule has 1 amide bonds. The fraction of sp³-hybridized carbons (Fsp3) is 0.824. The second-order valence-corrected chi connectivity index (χ2v) is 7.22. The fourth-order valence-electron chi connectivity index (χ4n) is 4.02. The summed E-state index contributed by atoms with van der Waals surface area (Å²) in [7, 11) is 0. The summed E-state index contributed by atoms with van der Waals surface area (Å²) in [6, 6.07) is 0. The Hall–Kier alpha value is -1.47. The fourth-order valence-corrected chi connectivity index (χ4v) is 4.02. The van der Waals surface area contributed by atoms with Crippen LogP contribution in [0.1, 0.15) is 32.1 Å². The van der Waals surface area contributed by atoms with E-state index < -0.39 is 0 Å². The van der Waals surface area contributed by atoms with Crippen molar-refractivity contribution in [3.8, 4) is 0 Å². The number of aryl methyl sites for hydroxylation is 1. The molecule has 0 radical (unpaired) electrons. The van der Waals surface area contributed by atoms with Crippen molar-refractivity contribution in [2.75, 3.05) is 39.3 Å². The Balaban J connectivity index is 1.47. The number of carbonyl (C=O) groups excluding carboxylic acids is 1. The number of aliphatic hydroxyl groups is 1. The molecule has 3 heterocycles. The number of aromatic nitrogens is 3. The first-order chi connectivity index (χ1) is 11.7. The molecule has 2 saturated heterocycles. The lowest BCUT2D eigenvalue weighted by atomic mass is 9.89. The van der Waals surface area contributed by atoms with Crippen LogP contribution >= 0.6 is 0 Å². The molecule has 0 saturated carbocycles. The van der Waals surface area contributed by atoms with Gasteiger partial charge in [0.15, 0.2) is 0 Å². The van der Waals surface area contributed by atoms with E-state index in [1.807, 2.05) is 4.90 Å². The van der Waals surface area contributed by atoms with Gasteiger partial charge in [-0.3, -0.25) is 9.48 Å². The largest absolute Gasteiger partial charge is 0.396 e. The number of aliphatic hydroxyl groups excluding tert-OH is 1. The van der Waals surface area contributed by atoms with Crippen molar-refractivity contribution >= 4 is 5.91 Å². The number of nitrogens with zero attached hydrogens (tertiary/aromatic N) is 5. The Morgan fingerprint density at radius 3 is 2.71 bits per heavy atom. The zero-order valence-electron chi connectivity index (χ0n) is 14.4. The topological polar surface area (TPSA) is 74.5 Å². The second kappa shape index (κ2) is 8.58. The summed E-state index contributed by atoms with van der Waals surface area (Å²) in [5, 5.41) is 13.7. The van der Waals surface area contributed by atoms with Gasteiger partial charge in [-0.1, -0.05) is 0 Å². The van der Waals surface area contributed by atoms with Crippen LogP contribution in [0, 0.1) is 11.8 Å². The standard InChI is InChI=1S/C17H29N5O2/c23-12-16-8-15(9-20-5-1-2-6-20)10-21(11-16)17(24)4-3-7-22-14-18-13-19-22/h13-16,23H,1-12H2/t15-,16-/m1/s1. The van der Waals surface area contributed by atoms with Crippen LogP contribution in [0.25, 0.3) is 0 Å². The quantitative estimate of drug-likeness (QED) is 0.790. The molecule has 0 aliphatic carbocycles. The Morgan fingerprint density at radius 2 is 2.00 bits per heavy atom. The van der Waals surface area contributed by atoms with Gasteiger partial charge in [0.05, 0.1) is 0 Å². The number of amides is 1. The molecule has 2 fully saturated rings. The Kier molecular flexibility index (Phi) is 6.20. The average molecular weight is 335 g/mol. The van der Waals surface area contributed by atoms with Gasteiger partial charge >= 0.3 is 0 Å². The van der Waals surface area contributed by atoms with Crippen molar-refractivity contribution in [3.05, 3.63) is 12.7 Å². The SMILES string of the molecule is O=C(CCCn1cncn1)N1C[C@H](CO)C[C@H](CN2CCCC2)C1. The third-order valence-corrected chi connectivity index (χ3v) is 5.19. The van der Waals surface area contributed by atoms with Gasteiger partial charge in [-0.15, -0.1) is 0 Å². The highest BCUT2D eigenvalue weighted by Gasteiger charge is 2.30. The van der Waals surface area contributed by atoms with Crippen LogP contribution in [0.15, 0.2) is 12.7 Å². The van der Waals surface area contributed by atoms with Crippen LogP contribution in [-0.4, -0.2) is 74.9 Å². The van der Waals surface area contributed by atoms with Crippen LogP contribution in [0.3, 0.4) is 0 Å². The lowest BCUT2D eigenvalue weighted by molar-refractivity contribution is -0.134. The highest BCUT2D eigenvalue weighted by molar-refractivity contribution is 5.76. The first-order valence-corrected chi connectivity index (χ1v) is 9.18. The summed E-state index contributed by atoms with van der Waals surface area (Å²) in [5.41, 5.74) is 0. The Labute approximate surface area is 143 Å². The van der Waals surface area contributed by atoms with Gasteiger partial charge in [-0.2, -0.15) is 5.10 Å². The predicted octanol–water partition coefficient (Wildman–Crippen LogP) is 0.611. The van der Waals surface area contributed by atoms with E-state index in [0.29, 0.717) is 18.9 Å². The zero-order chi connectivity index (χ0) is 16.8. The van der Waals surface area contributed by atoms with E-state index >= 15 is 0 Å². The molecule has 7 nitrogen and oxygen atoms in total. The maximum atomic E-state index is 12.6. The smallest absolute Gasteiger partial charge is 0.222 e. The zero-order valence-corrected chi connectivity index (χ0v) is 14.4. The predicted molar refractivity (Wildman–Crippen MR) is 90.2 cm³/mol. The molecule has 2 atom stereocenters. The molecule has 7 heteroatoms. The van der Waals surface area contributed by atoms with E-state index in [4.69, 9.17) is 0 Å². The molecule has 24 heavy (non-hydrogen) atoms. The van der Waals surface area contributed by atoms with Gasteiger partial charge in [0, 0.05) is 39.2 Å². The van der Waals surface area contributed by atoms with Crippen LogP contribution < -0.4 is 0 Å². The number of hydrogen-bond acceptors (Lipinski definition) is 5. The molecule has 0 unspecified atom stereocenters. The van der Waals surface area contributed by atoms with Gasteiger partial charge in [-0.05, 0) is 50.6 Å². The molecule has 1 N–H and O–H groups in total. The Bertz CT molecular complexity index is 501. The van der Waals surface area contributed by atoms with Crippen molar-refractivity contribution in [1.29, 1.82) is 0 Å². The number of likely N-dealkylation sites (tertiary alicyclic amines) is 2. The average Bonchev–Trinajstić information content (AvgIpc) is 3.28. The maximum absolute atomic E-state index is 12.6. The van der Waals surface area contributed by atoms with E-state index in [0.717, 1.165) is 32.5 Å². The van der Waals surface area contributed by atoms with Gasteiger partial charge in [0.25, 0.3) is 0 Å². The first kappa shape index (κ1) is 17.4. The molecule has 0 spiro atoms. The second-order valence-electron chi connectivity index (χ2n) is 7.22. The van der Waals surface area contributed by atoms with Crippen molar-refractivity contribution in [3.63, 3.8) is 0 Å². The summed E-state index contributed by atoms with van der Waals surface area (Å²) in [4.78, 5) is 21.0. The molecule has 3 rings (SSSR count). The minimum atomic E-state index is 0.180. The van der Waals surface area contributed by atoms with Crippen LogP contribution in [0.4, 0.5) is 0 Å². The van der Waals surface area contributed by atoms with Crippen molar-refractivity contribution in [2.45, 2.75) is 38.6 Å².